The Morgan fingerprint density at radius 2 is 2.04 bits per heavy atom. The molecule has 0 radical (unpaired) electrons. The lowest BCUT2D eigenvalue weighted by atomic mass is 9.87. The van der Waals surface area contributed by atoms with Gasteiger partial charge in [0.1, 0.15) is 0 Å². The first kappa shape index (κ1) is 17.4. The Hall–Kier alpha value is -0.420. The SMILES string of the molecule is CCNC(=NCC1CCOCC1)N1CCSC2(CCCCC2)C1. The molecule has 0 unspecified atom stereocenters. The summed E-state index contributed by atoms with van der Waals surface area (Å²) < 4.78 is 5.97. The molecule has 1 spiro atoms. The molecule has 2 aliphatic heterocycles. The highest BCUT2D eigenvalue weighted by Gasteiger charge is 2.38. The second-order valence-corrected chi connectivity index (χ2v) is 8.83. The van der Waals surface area contributed by atoms with Crippen molar-refractivity contribution in [3.05, 3.63) is 0 Å². The molecule has 3 rings (SSSR count). The molecule has 4 nitrogen and oxygen atoms in total. The van der Waals surface area contributed by atoms with Crippen LogP contribution in [0.5, 0.6) is 0 Å². The zero-order chi connectivity index (χ0) is 16.0. The van der Waals surface area contributed by atoms with Gasteiger partial charge in [0.15, 0.2) is 5.96 Å². The third-order valence-electron chi connectivity index (χ3n) is 5.49. The normalized spacial score (nSPS) is 26.5. The number of ether oxygens (including phenoxy) is 1. The molecule has 3 fully saturated rings. The molecule has 5 heteroatoms. The molecule has 0 aromatic rings. The Kier molecular flexibility index (Phi) is 6.52. The van der Waals surface area contributed by atoms with E-state index in [0.717, 1.165) is 38.8 Å². The van der Waals surface area contributed by atoms with Crippen LogP contribution >= 0.6 is 11.8 Å². The van der Waals surface area contributed by atoms with Crippen LogP contribution in [0.2, 0.25) is 0 Å². The van der Waals surface area contributed by atoms with E-state index in [9.17, 15) is 0 Å². The molecule has 2 heterocycles. The lowest BCUT2D eigenvalue weighted by Gasteiger charge is -2.45. The van der Waals surface area contributed by atoms with Gasteiger partial charge in [0.05, 0.1) is 0 Å². The lowest BCUT2D eigenvalue weighted by Crippen LogP contribution is -2.53. The second-order valence-electron chi connectivity index (χ2n) is 7.26. The quantitative estimate of drug-likeness (QED) is 0.633. The Balaban J connectivity index is 1.61. The molecule has 0 atom stereocenters. The van der Waals surface area contributed by atoms with E-state index in [-0.39, 0.29) is 0 Å². The van der Waals surface area contributed by atoms with Crippen LogP contribution < -0.4 is 5.32 Å². The largest absolute Gasteiger partial charge is 0.381 e. The first-order valence-electron chi connectivity index (χ1n) is 9.56. The van der Waals surface area contributed by atoms with Crippen molar-refractivity contribution < 1.29 is 4.74 Å². The molecule has 2 saturated heterocycles. The number of guanidine groups is 1. The summed E-state index contributed by atoms with van der Waals surface area (Å²) in [5.74, 6) is 3.12. The smallest absolute Gasteiger partial charge is 0.193 e. The number of thioether (sulfide) groups is 1. The molecule has 1 N–H and O–H groups in total. The minimum Gasteiger partial charge on any atom is -0.381 e. The fraction of sp³-hybridized carbons (Fsp3) is 0.944. The van der Waals surface area contributed by atoms with Crippen molar-refractivity contribution in [2.75, 3.05) is 45.1 Å². The van der Waals surface area contributed by atoms with E-state index in [2.05, 4.69) is 28.9 Å². The molecular formula is C18H33N3OS. The zero-order valence-electron chi connectivity index (χ0n) is 14.7. The van der Waals surface area contributed by atoms with Gasteiger partial charge in [0, 0.05) is 49.9 Å². The van der Waals surface area contributed by atoms with Gasteiger partial charge in [-0.2, -0.15) is 11.8 Å². The standard InChI is InChI=1S/C18H33N3OS/c1-2-19-17(20-14-16-6-11-22-12-7-16)21-10-13-23-18(15-21)8-4-3-5-9-18/h16H,2-15H2,1H3,(H,19,20). The molecule has 0 amide bonds. The number of hydrogen-bond donors (Lipinski definition) is 1. The molecule has 132 valence electrons. The van der Waals surface area contributed by atoms with E-state index >= 15 is 0 Å². The lowest BCUT2D eigenvalue weighted by molar-refractivity contribution is 0.0688. The number of rotatable bonds is 3. The molecule has 3 aliphatic rings. The Morgan fingerprint density at radius 1 is 1.26 bits per heavy atom. The fourth-order valence-corrected chi connectivity index (χ4v) is 5.66. The fourth-order valence-electron chi connectivity index (χ4n) is 4.09. The first-order valence-corrected chi connectivity index (χ1v) is 10.5. The van der Waals surface area contributed by atoms with Crippen molar-refractivity contribution in [2.45, 2.75) is 56.6 Å². The number of hydrogen-bond acceptors (Lipinski definition) is 3. The third-order valence-corrected chi connectivity index (χ3v) is 7.02. The number of nitrogens with one attached hydrogen (secondary N) is 1. The van der Waals surface area contributed by atoms with Crippen molar-refractivity contribution in [3.63, 3.8) is 0 Å². The summed E-state index contributed by atoms with van der Waals surface area (Å²) >= 11 is 2.23. The van der Waals surface area contributed by atoms with Gasteiger partial charge in [0.2, 0.25) is 0 Å². The monoisotopic (exact) mass is 339 g/mol. The van der Waals surface area contributed by atoms with Crippen molar-refractivity contribution in [1.29, 1.82) is 0 Å². The maximum absolute atomic E-state index is 5.47. The maximum Gasteiger partial charge on any atom is 0.193 e. The van der Waals surface area contributed by atoms with Crippen molar-refractivity contribution in [3.8, 4) is 0 Å². The van der Waals surface area contributed by atoms with Gasteiger partial charge in [-0.25, -0.2) is 0 Å². The van der Waals surface area contributed by atoms with Crippen LogP contribution in [-0.2, 0) is 4.74 Å². The van der Waals surface area contributed by atoms with E-state index < -0.39 is 0 Å². The Bertz CT molecular complexity index is 384. The average molecular weight is 340 g/mol. The van der Waals surface area contributed by atoms with Gasteiger partial charge < -0.3 is 15.0 Å². The Labute approximate surface area is 145 Å². The van der Waals surface area contributed by atoms with Crippen LogP contribution in [0.25, 0.3) is 0 Å². The molecule has 0 aromatic carbocycles. The van der Waals surface area contributed by atoms with Crippen LogP contribution in [0, 0.1) is 5.92 Å². The van der Waals surface area contributed by atoms with Crippen LogP contribution in [0.3, 0.4) is 0 Å². The van der Waals surface area contributed by atoms with Crippen LogP contribution in [-0.4, -0.2) is 60.8 Å². The van der Waals surface area contributed by atoms with E-state index in [1.807, 2.05) is 0 Å². The minimum absolute atomic E-state index is 0.505. The predicted octanol–water partition coefficient (Wildman–Crippen LogP) is 3.13. The molecule has 0 aromatic heterocycles. The summed E-state index contributed by atoms with van der Waals surface area (Å²) in [6, 6.07) is 0. The maximum atomic E-state index is 5.47. The summed E-state index contributed by atoms with van der Waals surface area (Å²) in [6.45, 7) is 8.27. The first-order chi connectivity index (χ1) is 11.3. The van der Waals surface area contributed by atoms with E-state index in [1.165, 1.54) is 57.2 Å². The highest BCUT2D eigenvalue weighted by atomic mass is 32.2. The van der Waals surface area contributed by atoms with Gasteiger partial charge in [0.25, 0.3) is 0 Å². The Morgan fingerprint density at radius 3 is 2.78 bits per heavy atom. The van der Waals surface area contributed by atoms with Crippen molar-refractivity contribution in [1.82, 2.24) is 10.2 Å². The number of nitrogens with zero attached hydrogens (tertiary/aromatic N) is 2. The van der Waals surface area contributed by atoms with Crippen LogP contribution in [0.4, 0.5) is 0 Å². The number of aliphatic imine (C=N–C) groups is 1. The van der Waals surface area contributed by atoms with Gasteiger partial charge in [-0.05, 0) is 38.5 Å². The average Bonchev–Trinajstić information content (AvgIpc) is 2.60. The molecule has 23 heavy (non-hydrogen) atoms. The highest BCUT2D eigenvalue weighted by Crippen LogP contribution is 2.42. The van der Waals surface area contributed by atoms with Gasteiger partial charge >= 0.3 is 0 Å². The van der Waals surface area contributed by atoms with E-state index in [4.69, 9.17) is 9.73 Å². The topological polar surface area (TPSA) is 36.9 Å². The molecule has 1 aliphatic carbocycles. The molecular weight excluding hydrogens is 306 g/mol. The summed E-state index contributed by atoms with van der Waals surface area (Å²) in [7, 11) is 0. The van der Waals surface area contributed by atoms with Crippen LogP contribution in [0.1, 0.15) is 51.9 Å². The van der Waals surface area contributed by atoms with Gasteiger partial charge in [-0.1, -0.05) is 19.3 Å². The van der Waals surface area contributed by atoms with Gasteiger partial charge in [-0.15, -0.1) is 0 Å². The second kappa shape index (κ2) is 8.61. The summed E-state index contributed by atoms with van der Waals surface area (Å²) in [5, 5.41) is 3.55. The minimum atomic E-state index is 0.505. The third kappa shape index (κ3) is 4.79. The zero-order valence-corrected chi connectivity index (χ0v) is 15.5. The summed E-state index contributed by atoms with van der Waals surface area (Å²) in [4.78, 5) is 7.55. The van der Waals surface area contributed by atoms with E-state index in [0.29, 0.717) is 10.7 Å². The predicted molar refractivity (Wildman–Crippen MR) is 99.4 cm³/mol. The summed E-state index contributed by atoms with van der Waals surface area (Å²) in [6.07, 6.45) is 9.39. The highest BCUT2D eigenvalue weighted by molar-refractivity contribution is 8.00. The molecule has 0 bridgehead atoms. The summed E-state index contributed by atoms with van der Waals surface area (Å²) in [5.41, 5.74) is 0. The van der Waals surface area contributed by atoms with E-state index in [1.54, 1.807) is 0 Å². The molecule has 1 saturated carbocycles. The van der Waals surface area contributed by atoms with Crippen molar-refractivity contribution >= 4 is 17.7 Å². The van der Waals surface area contributed by atoms with Crippen molar-refractivity contribution in [2.24, 2.45) is 10.9 Å². The van der Waals surface area contributed by atoms with Gasteiger partial charge in [-0.3, -0.25) is 4.99 Å². The van der Waals surface area contributed by atoms with Crippen LogP contribution in [0.15, 0.2) is 4.99 Å².